The fourth-order valence-electron chi connectivity index (χ4n) is 2.93. The lowest BCUT2D eigenvalue weighted by molar-refractivity contribution is -0.384. The molecule has 11 heteroatoms. The Morgan fingerprint density at radius 2 is 2.12 bits per heavy atom. The molecular weight excluding hydrogens is 466 g/mol. The molecule has 1 N–H and O–H groups in total. The summed E-state index contributed by atoms with van der Waals surface area (Å²) in [7, 11) is 0. The number of carbonyl (C=O) groups is 1. The van der Waals surface area contributed by atoms with Crippen molar-refractivity contribution in [3.8, 4) is 5.75 Å². The van der Waals surface area contributed by atoms with Crippen LogP contribution in [0.15, 0.2) is 54.2 Å². The number of carbonyl (C=O) groups excluding carboxylic acids is 1. The zero-order valence-corrected chi connectivity index (χ0v) is 19.7. The second-order valence-electron chi connectivity index (χ2n) is 7.04. The number of anilines is 1. The van der Waals surface area contributed by atoms with Crippen LogP contribution in [0.5, 0.6) is 5.75 Å². The number of nitro benzene ring substituents is 1. The second-order valence-corrected chi connectivity index (χ2v) is 8.39. The number of thioether (sulfide) groups is 1. The van der Waals surface area contributed by atoms with Crippen molar-refractivity contribution in [3.63, 3.8) is 0 Å². The van der Waals surface area contributed by atoms with E-state index in [4.69, 9.17) is 16.3 Å². The van der Waals surface area contributed by atoms with Crippen LogP contribution in [-0.2, 0) is 17.9 Å². The van der Waals surface area contributed by atoms with E-state index < -0.39 is 4.92 Å². The van der Waals surface area contributed by atoms with Crippen molar-refractivity contribution in [3.05, 3.63) is 81.1 Å². The van der Waals surface area contributed by atoms with Crippen molar-refractivity contribution >= 4 is 40.6 Å². The summed E-state index contributed by atoms with van der Waals surface area (Å²) in [6, 6.07) is 9.93. The normalized spacial score (nSPS) is 10.6. The molecule has 0 spiro atoms. The van der Waals surface area contributed by atoms with Crippen molar-refractivity contribution in [2.45, 2.75) is 32.2 Å². The van der Waals surface area contributed by atoms with Gasteiger partial charge in [0.1, 0.15) is 17.4 Å². The van der Waals surface area contributed by atoms with Crippen LogP contribution in [0.1, 0.15) is 17.0 Å². The molecular formula is C22H22ClN5O4S. The third-order valence-electron chi connectivity index (χ3n) is 4.78. The van der Waals surface area contributed by atoms with Gasteiger partial charge in [0.15, 0.2) is 11.0 Å². The third kappa shape index (κ3) is 6.11. The van der Waals surface area contributed by atoms with Gasteiger partial charge < -0.3 is 10.1 Å². The number of amides is 1. The first kappa shape index (κ1) is 24.3. The van der Waals surface area contributed by atoms with Gasteiger partial charge in [0, 0.05) is 18.3 Å². The van der Waals surface area contributed by atoms with E-state index in [0.717, 1.165) is 16.9 Å². The smallest absolute Gasteiger partial charge is 0.289 e. The summed E-state index contributed by atoms with van der Waals surface area (Å²) in [6.45, 7) is 8.45. The number of benzene rings is 2. The zero-order valence-electron chi connectivity index (χ0n) is 18.1. The molecule has 0 bridgehead atoms. The molecule has 0 unspecified atom stereocenters. The van der Waals surface area contributed by atoms with Crippen LogP contribution in [0, 0.1) is 24.0 Å². The van der Waals surface area contributed by atoms with E-state index in [0.29, 0.717) is 17.5 Å². The summed E-state index contributed by atoms with van der Waals surface area (Å²) < 4.78 is 7.76. The lowest BCUT2D eigenvalue weighted by Crippen LogP contribution is -2.15. The highest BCUT2D eigenvalue weighted by Gasteiger charge is 2.17. The van der Waals surface area contributed by atoms with Gasteiger partial charge in [-0.1, -0.05) is 41.6 Å². The Kier molecular flexibility index (Phi) is 8.07. The largest absolute Gasteiger partial charge is 0.485 e. The summed E-state index contributed by atoms with van der Waals surface area (Å²) in [5.41, 5.74) is 2.20. The van der Waals surface area contributed by atoms with Gasteiger partial charge >= 0.3 is 0 Å². The quantitative estimate of drug-likeness (QED) is 0.186. The molecule has 0 aliphatic carbocycles. The number of hydrogen-bond acceptors (Lipinski definition) is 7. The fraction of sp³-hybridized carbons (Fsp3) is 0.227. The molecule has 9 nitrogen and oxygen atoms in total. The van der Waals surface area contributed by atoms with E-state index in [9.17, 15) is 14.9 Å². The van der Waals surface area contributed by atoms with Gasteiger partial charge in [-0.05, 0) is 43.2 Å². The average molecular weight is 488 g/mol. The topological polar surface area (TPSA) is 112 Å². The minimum Gasteiger partial charge on any atom is -0.485 e. The predicted molar refractivity (Wildman–Crippen MR) is 128 cm³/mol. The van der Waals surface area contributed by atoms with Crippen molar-refractivity contribution in [2.75, 3.05) is 11.1 Å². The van der Waals surface area contributed by atoms with Gasteiger partial charge in [-0.25, -0.2) is 0 Å². The standard InChI is InChI=1S/C22H22ClN5O4S/c1-4-10-27-20(12-32-19-7-5-6-14(2)15(19)3)25-26-22(27)33-13-21(29)24-16-8-9-17(23)18(11-16)28(30)31/h4-9,11H,1,10,12-13H2,2-3H3,(H,24,29). The predicted octanol–water partition coefficient (Wildman–Crippen LogP) is 4.95. The highest BCUT2D eigenvalue weighted by Crippen LogP contribution is 2.28. The fourth-order valence-corrected chi connectivity index (χ4v) is 3.88. The van der Waals surface area contributed by atoms with Crippen LogP contribution in [0.25, 0.3) is 0 Å². The van der Waals surface area contributed by atoms with Gasteiger partial charge in [0.05, 0.1) is 10.7 Å². The Morgan fingerprint density at radius 1 is 1.33 bits per heavy atom. The van der Waals surface area contributed by atoms with Crippen molar-refractivity contribution in [1.82, 2.24) is 14.8 Å². The average Bonchev–Trinajstić information content (AvgIpc) is 3.16. The number of aromatic nitrogens is 3. The van der Waals surface area contributed by atoms with Gasteiger partial charge in [-0.2, -0.15) is 0 Å². The first-order valence-corrected chi connectivity index (χ1v) is 11.2. The Bertz CT molecular complexity index is 1200. The summed E-state index contributed by atoms with van der Waals surface area (Å²) in [5, 5.41) is 22.6. The van der Waals surface area contributed by atoms with Crippen LogP contribution in [0.3, 0.4) is 0 Å². The van der Waals surface area contributed by atoms with Gasteiger partial charge in [-0.3, -0.25) is 19.5 Å². The Labute approximate surface area is 200 Å². The lowest BCUT2D eigenvalue weighted by atomic mass is 10.1. The van der Waals surface area contributed by atoms with E-state index in [1.54, 1.807) is 6.08 Å². The van der Waals surface area contributed by atoms with E-state index in [-0.39, 0.29) is 34.7 Å². The SMILES string of the molecule is C=CCn1c(COc2cccc(C)c2C)nnc1SCC(=O)Nc1ccc(Cl)c([N+](=O)[O-])c1. The van der Waals surface area contributed by atoms with Crippen LogP contribution < -0.4 is 10.1 Å². The summed E-state index contributed by atoms with van der Waals surface area (Å²) in [5.74, 6) is 1.06. The summed E-state index contributed by atoms with van der Waals surface area (Å²) in [4.78, 5) is 22.8. The molecule has 0 aliphatic heterocycles. The van der Waals surface area contributed by atoms with Gasteiger partial charge in [0.2, 0.25) is 5.91 Å². The number of nitrogens with one attached hydrogen (secondary N) is 1. The first-order valence-electron chi connectivity index (χ1n) is 9.88. The highest BCUT2D eigenvalue weighted by atomic mass is 35.5. The second kappa shape index (κ2) is 11.0. The maximum absolute atomic E-state index is 12.4. The molecule has 172 valence electrons. The number of nitro groups is 1. The molecule has 0 fully saturated rings. The van der Waals surface area contributed by atoms with E-state index in [1.165, 1.54) is 30.0 Å². The molecule has 0 atom stereocenters. The third-order valence-corrected chi connectivity index (χ3v) is 6.06. The molecule has 0 saturated heterocycles. The molecule has 2 aromatic carbocycles. The van der Waals surface area contributed by atoms with Gasteiger partial charge in [0.25, 0.3) is 5.69 Å². The highest BCUT2D eigenvalue weighted by molar-refractivity contribution is 7.99. The maximum atomic E-state index is 12.4. The molecule has 0 saturated carbocycles. The number of halogens is 1. The van der Waals surface area contributed by atoms with Crippen molar-refractivity contribution in [1.29, 1.82) is 0 Å². The number of hydrogen-bond donors (Lipinski definition) is 1. The summed E-state index contributed by atoms with van der Waals surface area (Å²) in [6.07, 6.45) is 1.71. The maximum Gasteiger partial charge on any atom is 0.289 e. The van der Waals surface area contributed by atoms with Crippen LogP contribution in [-0.4, -0.2) is 31.3 Å². The molecule has 1 heterocycles. The molecule has 1 aromatic heterocycles. The number of rotatable bonds is 10. The molecule has 1 amide bonds. The minimum atomic E-state index is -0.605. The van der Waals surface area contributed by atoms with Crippen LogP contribution in [0.4, 0.5) is 11.4 Å². The first-order chi connectivity index (χ1) is 15.8. The monoisotopic (exact) mass is 487 g/mol. The number of allylic oxidation sites excluding steroid dienone is 1. The van der Waals surface area contributed by atoms with Crippen LogP contribution in [0.2, 0.25) is 5.02 Å². The van der Waals surface area contributed by atoms with Crippen molar-refractivity contribution in [2.24, 2.45) is 0 Å². The van der Waals surface area contributed by atoms with Crippen LogP contribution >= 0.6 is 23.4 Å². The Hall–Kier alpha value is -3.37. The summed E-state index contributed by atoms with van der Waals surface area (Å²) >= 11 is 6.99. The molecule has 3 rings (SSSR count). The number of nitrogens with zero attached hydrogens (tertiary/aromatic N) is 4. The van der Waals surface area contributed by atoms with Gasteiger partial charge in [-0.15, -0.1) is 16.8 Å². The molecule has 0 radical (unpaired) electrons. The number of aryl methyl sites for hydroxylation is 1. The lowest BCUT2D eigenvalue weighted by Gasteiger charge is -2.12. The molecule has 0 aliphatic rings. The molecule has 33 heavy (non-hydrogen) atoms. The minimum absolute atomic E-state index is 0.000469. The van der Waals surface area contributed by atoms with E-state index in [1.807, 2.05) is 36.6 Å². The van der Waals surface area contributed by atoms with E-state index in [2.05, 4.69) is 22.1 Å². The Morgan fingerprint density at radius 3 is 2.85 bits per heavy atom. The number of ether oxygens (including phenoxy) is 1. The zero-order chi connectivity index (χ0) is 24.0. The van der Waals surface area contributed by atoms with Crippen molar-refractivity contribution < 1.29 is 14.5 Å². The van der Waals surface area contributed by atoms with E-state index >= 15 is 0 Å². The molecule has 3 aromatic rings. The Balaban J connectivity index is 1.65.